The van der Waals surface area contributed by atoms with Crippen LogP contribution in [0.2, 0.25) is 5.02 Å². The number of carbonyl (C=O) groups excluding carboxylic acids is 1. The Morgan fingerprint density at radius 3 is 2.44 bits per heavy atom. The maximum absolute atomic E-state index is 13.9. The van der Waals surface area contributed by atoms with E-state index < -0.39 is 21.7 Å². The van der Waals surface area contributed by atoms with Gasteiger partial charge in [0.1, 0.15) is 0 Å². The number of anilines is 1. The van der Waals surface area contributed by atoms with Gasteiger partial charge < -0.3 is 5.32 Å². The number of carbonyl (C=O) groups is 1. The molecule has 1 amide bonds. The molecule has 0 aliphatic rings. The summed E-state index contributed by atoms with van der Waals surface area (Å²) in [7, 11) is -0.886. The molecule has 0 saturated carbocycles. The molecule has 0 aliphatic carbocycles. The summed E-state index contributed by atoms with van der Waals surface area (Å²) in [5, 5.41) is 2.30. The standard InChI is InChI=1S/C17H18ClFN2O3S/c1-10-8-12(9-15(11(10)2)25(23,24)21(3)4)17(22)20-14-7-5-6-13(18)16(14)19/h5-9H,1-4H3,(H,20,22). The fourth-order valence-corrected chi connectivity index (χ4v) is 3.61. The first-order valence-electron chi connectivity index (χ1n) is 7.35. The summed E-state index contributed by atoms with van der Waals surface area (Å²) in [5.74, 6) is -1.37. The van der Waals surface area contributed by atoms with E-state index in [1.54, 1.807) is 19.9 Å². The monoisotopic (exact) mass is 384 g/mol. The Balaban J connectivity index is 2.48. The molecule has 0 saturated heterocycles. The summed E-state index contributed by atoms with van der Waals surface area (Å²) in [6, 6.07) is 7.09. The smallest absolute Gasteiger partial charge is 0.255 e. The molecule has 2 rings (SSSR count). The van der Waals surface area contributed by atoms with Crippen LogP contribution >= 0.6 is 11.6 Å². The highest BCUT2D eigenvalue weighted by molar-refractivity contribution is 7.89. The van der Waals surface area contributed by atoms with Crippen LogP contribution in [0, 0.1) is 19.7 Å². The maximum Gasteiger partial charge on any atom is 0.255 e. The van der Waals surface area contributed by atoms with Crippen LogP contribution in [0.3, 0.4) is 0 Å². The Kier molecular flexibility index (Phi) is 5.51. The average molecular weight is 385 g/mol. The Labute approximate surface area is 151 Å². The summed E-state index contributed by atoms with van der Waals surface area (Å²) in [6.45, 7) is 3.38. The van der Waals surface area contributed by atoms with Gasteiger partial charge in [-0.1, -0.05) is 17.7 Å². The van der Waals surface area contributed by atoms with Crippen molar-refractivity contribution in [3.63, 3.8) is 0 Å². The van der Waals surface area contributed by atoms with E-state index in [1.165, 1.54) is 38.4 Å². The van der Waals surface area contributed by atoms with Gasteiger partial charge in [-0.3, -0.25) is 4.79 Å². The lowest BCUT2D eigenvalue weighted by atomic mass is 10.1. The molecule has 0 unspecified atom stereocenters. The van der Waals surface area contributed by atoms with Gasteiger partial charge in [-0.2, -0.15) is 0 Å². The number of nitrogens with zero attached hydrogens (tertiary/aromatic N) is 1. The van der Waals surface area contributed by atoms with Crippen LogP contribution in [0.25, 0.3) is 0 Å². The van der Waals surface area contributed by atoms with E-state index in [4.69, 9.17) is 11.6 Å². The van der Waals surface area contributed by atoms with Crippen molar-refractivity contribution in [3.05, 3.63) is 57.9 Å². The second-order valence-corrected chi connectivity index (χ2v) is 8.29. The van der Waals surface area contributed by atoms with Crippen LogP contribution in [-0.2, 0) is 10.0 Å². The molecular formula is C17H18ClFN2O3S. The lowest BCUT2D eigenvalue weighted by Gasteiger charge is -2.16. The number of benzene rings is 2. The van der Waals surface area contributed by atoms with E-state index in [1.807, 2.05) is 0 Å². The van der Waals surface area contributed by atoms with Crippen molar-refractivity contribution < 1.29 is 17.6 Å². The van der Waals surface area contributed by atoms with Crippen molar-refractivity contribution in [2.45, 2.75) is 18.7 Å². The van der Waals surface area contributed by atoms with Gasteiger partial charge in [-0.05, 0) is 49.2 Å². The van der Waals surface area contributed by atoms with Crippen LogP contribution in [0.1, 0.15) is 21.5 Å². The van der Waals surface area contributed by atoms with Gasteiger partial charge in [-0.25, -0.2) is 17.1 Å². The highest BCUT2D eigenvalue weighted by Crippen LogP contribution is 2.25. The Hall–Kier alpha value is -1.96. The Bertz CT molecular complexity index is 943. The summed E-state index contributed by atoms with van der Waals surface area (Å²) in [4.78, 5) is 12.5. The summed E-state index contributed by atoms with van der Waals surface area (Å²) in [6.07, 6.45) is 0. The topological polar surface area (TPSA) is 66.5 Å². The number of aryl methyl sites for hydroxylation is 1. The minimum atomic E-state index is -3.72. The molecule has 1 N–H and O–H groups in total. The van der Waals surface area contributed by atoms with Gasteiger partial charge in [0, 0.05) is 19.7 Å². The molecule has 2 aromatic carbocycles. The summed E-state index contributed by atoms with van der Waals surface area (Å²) in [5.41, 5.74) is 1.23. The zero-order valence-electron chi connectivity index (χ0n) is 14.2. The number of amides is 1. The van der Waals surface area contributed by atoms with Crippen LogP contribution < -0.4 is 5.32 Å². The molecule has 8 heteroatoms. The van der Waals surface area contributed by atoms with Crippen molar-refractivity contribution in [2.75, 3.05) is 19.4 Å². The molecule has 0 spiro atoms. The van der Waals surface area contributed by atoms with Crippen molar-refractivity contribution in [3.8, 4) is 0 Å². The first-order valence-corrected chi connectivity index (χ1v) is 9.16. The minimum Gasteiger partial charge on any atom is -0.319 e. The van der Waals surface area contributed by atoms with Crippen molar-refractivity contribution >= 4 is 33.2 Å². The fraction of sp³-hybridized carbons (Fsp3) is 0.235. The molecule has 25 heavy (non-hydrogen) atoms. The molecule has 0 heterocycles. The Morgan fingerprint density at radius 1 is 1.20 bits per heavy atom. The average Bonchev–Trinajstić information content (AvgIpc) is 2.53. The minimum absolute atomic E-state index is 0.0363. The first kappa shape index (κ1) is 19.4. The van der Waals surface area contributed by atoms with Gasteiger partial charge in [-0.15, -0.1) is 0 Å². The van der Waals surface area contributed by atoms with E-state index in [0.29, 0.717) is 11.1 Å². The highest BCUT2D eigenvalue weighted by Gasteiger charge is 2.23. The third-order valence-electron chi connectivity index (χ3n) is 3.84. The first-order chi connectivity index (χ1) is 11.6. The van der Waals surface area contributed by atoms with E-state index in [0.717, 1.165) is 4.31 Å². The van der Waals surface area contributed by atoms with E-state index in [-0.39, 0.29) is 21.2 Å². The summed E-state index contributed by atoms with van der Waals surface area (Å²) >= 11 is 5.70. The van der Waals surface area contributed by atoms with Gasteiger partial charge in [0.05, 0.1) is 15.6 Å². The lowest BCUT2D eigenvalue weighted by molar-refractivity contribution is 0.102. The quantitative estimate of drug-likeness (QED) is 0.875. The predicted molar refractivity (Wildman–Crippen MR) is 96.2 cm³/mol. The largest absolute Gasteiger partial charge is 0.319 e. The highest BCUT2D eigenvalue weighted by atomic mass is 35.5. The van der Waals surface area contributed by atoms with Gasteiger partial charge in [0.25, 0.3) is 5.91 Å². The SMILES string of the molecule is Cc1cc(C(=O)Nc2cccc(Cl)c2F)cc(S(=O)(=O)N(C)C)c1C. The number of hydrogen-bond donors (Lipinski definition) is 1. The van der Waals surface area contributed by atoms with E-state index in [9.17, 15) is 17.6 Å². The van der Waals surface area contributed by atoms with Crippen molar-refractivity contribution in [1.29, 1.82) is 0 Å². The number of nitrogens with one attached hydrogen (secondary N) is 1. The van der Waals surface area contributed by atoms with Gasteiger partial charge in [0.15, 0.2) is 5.82 Å². The third-order valence-corrected chi connectivity index (χ3v) is 6.07. The number of sulfonamides is 1. The molecule has 0 bridgehead atoms. The molecule has 5 nitrogen and oxygen atoms in total. The zero-order valence-corrected chi connectivity index (χ0v) is 15.8. The van der Waals surface area contributed by atoms with Crippen LogP contribution in [0.5, 0.6) is 0 Å². The second kappa shape index (κ2) is 7.11. The third kappa shape index (κ3) is 3.84. The summed E-state index contributed by atoms with van der Waals surface area (Å²) < 4.78 is 39.9. The predicted octanol–water partition coefficient (Wildman–Crippen LogP) is 3.60. The van der Waals surface area contributed by atoms with Gasteiger partial charge in [0.2, 0.25) is 10.0 Å². The van der Waals surface area contributed by atoms with E-state index >= 15 is 0 Å². The number of halogens is 2. The zero-order chi connectivity index (χ0) is 18.9. The van der Waals surface area contributed by atoms with Gasteiger partial charge >= 0.3 is 0 Å². The molecule has 0 aromatic heterocycles. The Morgan fingerprint density at radius 2 is 1.84 bits per heavy atom. The van der Waals surface area contributed by atoms with Crippen LogP contribution in [0.15, 0.2) is 35.2 Å². The van der Waals surface area contributed by atoms with Crippen LogP contribution in [-0.4, -0.2) is 32.7 Å². The normalized spacial score (nSPS) is 11.6. The van der Waals surface area contributed by atoms with Crippen LogP contribution in [0.4, 0.5) is 10.1 Å². The maximum atomic E-state index is 13.9. The second-order valence-electron chi connectivity index (χ2n) is 5.76. The van der Waals surface area contributed by atoms with Crippen molar-refractivity contribution in [1.82, 2.24) is 4.31 Å². The molecule has 2 aromatic rings. The molecular weight excluding hydrogens is 367 g/mol. The molecule has 0 aliphatic heterocycles. The molecule has 0 atom stereocenters. The lowest BCUT2D eigenvalue weighted by Crippen LogP contribution is -2.24. The molecule has 0 radical (unpaired) electrons. The number of rotatable bonds is 4. The number of hydrogen-bond acceptors (Lipinski definition) is 3. The fourth-order valence-electron chi connectivity index (χ4n) is 2.22. The van der Waals surface area contributed by atoms with E-state index in [2.05, 4.69) is 5.32 Å². The van der Waals surface area contributed by atoms with Crippen molar-refractivity contribution in [2.24, 2.45) is 0 Å². The molecule has 134 valence electrons. The molecule has 0 fully saturated rings.